The molecule has 2 heteroatoms. The Kier molecular flexibility index (Phi) is 3.53. The van der Waals surface area contributed by atoms with E-state index < -0.39 is 0 Å². The zero-order valence-corrected chi connectivity index (χ0v) is 9.21. The van der Waals surface area contributed by atoms with Gasteiger partial charge in [0.25, 0.3) is 0 Å². The maximum absolute atomic E-state index is 5.95. The Morgan fingerprint density at radius 2 is 2.07 bits per heavy atom. The third-order valence-corrected chi connectivity index (χ3v) is 1.87. The lowest BCUT2D eigenvalue weighted by atomic mass is 9.96. The van der Waals surface area contributed by atoms with Crippen molar-refractivity contribution in [2.45, 2.75) is 32.7 Å². The highest BCUT2D eigenvalue weighted by Gasteiger charge is 2.11. The van der Waals surface area contributed by atoms with E-state index in [0.29, 0.717) is 6.61 Å². The molecule has 1 aromatic rings. The summed E-state index contributed by atoms with van der Waals surface area (Å²) in [6.07, 6.45) is 0.869. The van der Waals surface area contributed by atoms with Crippen LogP contribution in [0.3, 0.4) is 0 Å². The Bertz CT molecular complexity index is 289. The van der Waals surface area contributed by atoms with Crippen LogP contribution in [0, 0.1) is 0 Å². The first kappa shape index (κ1) is 11.1. The van der Waals surface area contributed by atoms with Crippen molar-refractivity contribution in [1.29, 1.82) is 0 Å². The second kappa shape index (κ2) is 4.47. The van der Waals surface area contributed by atoms with Crippen LogP contribution in [0.4, 0.5) is 0 Å². The molecule has 1 aromatic carbocycles. The molecule has 0 bridgehead atoms. The number of nitrogens with two attached hydrogens (primary N) is 1. The van der Waals surface area contributed by atoms with E-state index in [0.717, 1.165) is 12.2 Å². The van der Waals surface area contributed by atoms with E-state index in [9.17, 15) is 0 Å². The van der Waals surface area contributed by atoms with Gasteiger partial charge in [0.2, 0.25) is 0 Å². The van der Waals surface area contributed by atoms with Crippen molar-refractivity contribution in [3.05, 3.63) is 29.8 Å². The van der Waals surface area contributed by atoms with Gasteiger partial charge in [-0.2, -0.15) is 0 Å². The summed E-state index contributed by atoms with van der Waals surface area (Å²) >= 11 is 0. The summed E-state index contributed by atoms with van der Waals surface area (Å²) in [7, 11) is 0. The number of ether oxygens (including phenoxy) is 1. The SMILES string of the molecule is CCOc1cccc(CC(C)(C)N)c1. The van der Waals surface area contributed by atoms with Crippen molar-refractivity contribution in [2.75, 3.05) is 6.61 Å². The van der Waals surface area contributed by atoms with Crippen molar-refractivity contribution in [3.8, 4) is 5.75 Å². The normalized spacial score (nSPS) is 11.4. The van der Waals surface area contributed by atoms with Crippen LogP contribution in [-0.4, -0.2) is 12.1 Å². The molecule has 1 rings (SSSR count). The zero-order chi connectivity index (χ0) is 10.6. The van der Waals surface area contributed by atoms with Gasteiger partial charge in [0.1, 0.15) is 5.75 Å². The molecule has 0 aliphatic rings. The zero-order valence-electron chi connectivity index (χ0n) is 9.21. The minimum Gasteiger partial charge on any atom is -0.494 e. The van der Waals surface area contributed by atoms with Crippen LogP contribution < -0.4 is 10.5 Å². The van der Waals surface area contributed by atoms with E-state index >= 15 is 0 Å². The molecule has 0 aliphatic heterocycles. The van der Waals surface area contributed by atoms with Gasteiger partial charge in [0, 0.05) is 5.54 Å². The van der Waals surface area contributed by atoms with E-state index in [1.165, 1.54) is 5.56 Å². The molecular formula is C12H19NO. The van der Waals surface area contributed by atoms with Gasteiger partial charge in [-0.15, -0.1) is 0 Å². The van der Waals surface area contributed by atoms with Crippen LogP contribution in [0.15, 0.2) is 24.3 Å². The van der Waals surface area contributed by atoms with Gasteiger partial charge in [-0.1, -0.05) is 12.1 Å². The van der Waals surface area contributed by atoms with Gasteiger partial charge < -0.3 is 10.5 Å². The number of rotatable bonds is 4. The van der Waals surface area contributed by atoms with Crippen molar-refractivity contribution in [2.24, 2.45) is 5.73 Å². The summed E-state index contributed by atoms with van der Waals surface area (Å²) in [5.74, 6) is 0.925. The van der Waals surface area contributed by atoms with Crippen molar-refractivity contribution in [3.63, 3.8) is 0 Å². The lowest BCUT2D eigenvalue weighted by molar-refractivity contribution is 0.339. The first-order valence-electron chi connectivity index (χ1n) is 5.02. The Morgan fingerprint density at radius 3 is 2.64 bits per heavy atom. The smallest absolute Gasteiger partial charge is 0.119 e. The Hall–Kier alpha value is -1.02. The lowest BCUT2D eigenvalue weighted by Gasteiger charge is -2.18. The summed E-state index contributed by atoms with van der Waals surface area (Å²) in [5.41, 5.74) is 7.01. The maximum Gasteiger partial charge on any atom is 0.119 e. The predicted octanol–water partition coefficient (Wildman–Crippen LogP) is 2.37. The first-order chi connectivity index (χ1) is 6.51. The molecule has 14 heavy (non-hydrogen) atoms. The molecule has 0 saturated heterocycles. The van der Waals surface area contributed by atoms with E-state index in [4.69, 9.17) is 10.5 Å². The second-order valence-corrected chi connectivity index (χ2v) is 4.25. The van der Waals surface area contributed by atoms with Gasteiger partial charge in [-0.05, 0) is 44.9 Å². The van der Waals surface area contributed by atoms with Gasteiger partial charge in [-0.25, -0.2) is 0 Å². The summed E-state index contributed by atoms with van der Waals surface area (Å²) in [6, 6.07) is 8.11. The largest absolute Gasteiger partial charge is 0.494 e. The van der Waals surface area contributed by atoms with Crippen LogP contribution in [0.25, 0.3) is 0 Å². The van der Waals surface area contributed by atoms with Crippen LogP contribution >= 0.6 is 0 Å². The summed E-state index contributed by atoms with van der Waals surface area (Å²) in [6.45, 7) is 6.75. The fourth-order valence-electron chi connectivity index (χ4n) is 1.44. The molecule has 0 amide bonds. The van der Waals surface area contributed by atoms with Gasteiger partial charge >= 0.3 is 0 Å². The molecular weight excluding hydrogens is 174 g/mol. The molecule has 0 unspecified atom stereocenters. The average Bonchev–Trinajstić information content (AvgIpc) is 2.02. The second-order valence-electron chi connectivity index (χ2n) is 4.25. The fourth-order valence-corrected chi connectivity index (χ4v) is 1.44. The van der Waals surface area contributed by atoms with Gasteiger partial charge in [-0.3, -0.25) is 0 Å². The van der Waals surface area contributed by atoms with E-state index in [1.54, 1.807) is 0 Å². The average molecular weight is 193 g/mol. The summed E-state index contributed by atoms with van der Waals surface area (Å²) in [4.78, 5) is 0. The minimum atomic E-state index is -0.162. The first-order valence-corrected chi connectivity index (χ1v) is 5.02. The highest BCUT2D eigenvalue weighted by molar-refractivity contribution is 5.29. The van der Waals surface area contributed by atoms with E-state index in [-0.39, 0.29) is 5.54 Å². The standard InChI is InChI=1S/C12H19NO/c1-4-14-11-7-5-6-10(8-11)9-12(2,3)13/h5-8H,4,9,13H2,1-3H3. The molecule has 0 heterocycles. The molecule has 78 valence electrons. The minimum absolute atomic E-state index is 0.162. The van der Waals surface area contributed by atoms with Crippen LogP contribution in [-0.2, 0) is 6.42 Å². The summed E-state index contributed by atoms with van der Waals surface area (Å²) < 4.78 is 5.42. The quantitative estimate of drug-likeness (QED) is 0.796. The van der Waals surface area contributed by atoms with Crippen molar-refractivity contribution in [1.82, 2.24) is 0 Å². The van der Waals surface area contributed by atoms with Gasteiger partial charge in [0.05, 0.1) is 6.61 Å². The molecule has 0 aliphatic carbocycles. The van der Waals surface area contributed by atoms with Crippen molar-refractivity contribution >= 4 is 0 Å². The predicted molar refractivity (Wildman–Crippen MR) is 59.6 cm³/mol. The van der Waals surface area contributed by atoms with Crippen LogP contribution in [0.2, 0.25) is 0 Å². The third-order valence-electron chi connectivity index (χ3n) is 1.87. The van der Waals surface area contributed by atoms with E-state index in [2.05, 4.69) is 12.1 Å². The number of hydrogen-bond acceptors (Lipinski definition) is 2. The maximum atomic E-state index is 5.95. The Balaban J connectivity index is 2.73. The number of hydrogen-bond donors (Lipinski definition) is 1. The molecule has 0 fully saturated rings. The molecule has 0 atom stereocenters. The molecule has 0 radical (unpaired) electrons. The Morgan fingerprint density at radius 1 is 1.36 bits per heavy atom. The monoisotopic (exact) mass is 193 g/mol. The highest BCUT2D eigenvalue weighted by Crippen LogP contribution is 2.16. The molecule has 0 aromatic heterocycles. The van der Waals surface area contributed by atoms with Gasteiger partial charge in [0.15, 0.2) is 0 Å². The topological polar surface area (TPSA) is 35.2 Å². The van der Waals surface area contributed by atoms with E-state index in [1.807, 2.05) is 32.9 Å². The molecule has 2 nitrogen and oxygen atoms in total. The third kappa shape index (κ3) is 3.79. The molecule has 0 saturated carbocycles. The van der Waals surface area contributed by atoms with Crippen molar-refractivity contribution < 1.29 is 4.74 Å². The van der Waals surface area contributed by atoms with Crippen LogP contribution in [0.5, 0.6) is 5.75 Å². The molecule has 0 spiro atoms. The summed E-state index contributed by atoms with van der Waals surface area (Å²) in [5, 5.41) is 0. The highest BCUT2D eigenvalue weighted by atomic mass is 16.5. The molecule has 2 N–H and O–H groups in total. The number of benzene rings is 1. The lowest BCUT2D eigenvalue weighted by Crippen LogP contribution is -2.34. The Labute approximate surface area is 86.1 Å². The fraction of sp³-hybridized carbons (Fsp3) is 0.500. The van der Waals surface area contributed by atoms with Crippen LogP contribution in [0.1, 0.15) is 26.3 Å².